The average Bonchev–Trinajstić information content (AvgIpc) is 2.51. The quantitative estimate of drug-likeness (QED) is 0.619. The third-order valence-electron chi connectivity index (χ3n) is 3.11. The van der Waals surface area contributed by atoms with Crippen molar-refractivity contribution in [1.29, 1.82) is 0 Å². The fourth-order valence-corrected chi connectivity index (χ4v) is 2.02. The molecule has 0 spiro atoms. The summed E-state index contributed by atoms with van der Waals surface area (Å²) in [7, 11) is 1.52. The van der Waals surface area contributed by atoms with Crippen molar-refractivity contribution < 1.29 is 19.5 Å². The van der Waals surface area contributed by atoms with Crippen molar-refractivity contribution in [3.8, 4) is 0 Å². The Balaban J connectivity index is 2.28. The van der Waals surface area contributed by atoms with Crippen LogP contribution in [0.2, 0.25) is 0 Å². The number of amides is 3. The molecule has 0 saturated carbocycles. The van der Waals surface area contributed by atoms with E-state index in [4.69, 9.17) is 5.11 Å². The van der Waals surface area contributed by atoms with E-state index < -0.39 is 11.9 Å². The summed E-state index contributed by atoms with van der Waals surface area (Å²) in [6, 6.07) is 6.55. The highest BCUT2D eigenvalue weighted by Gasteiger charge is 2.16. The summed E-state index contributed by atoms with van der Waals surface area (Å²) in [4.78, 5) is 35.6. The number of hydrogen-bond donors (Lipinski definition) is 3. The van der Waals surface area contributed by atoms with E-state index in [-0.39, 0.29) is 31.6 Å². The van der Waals surface area contributed by atoms with Gasteiger partial charge in [-0.3, -0.25) is 9.59 Å². The van der Waals surface area contributed by atoms with E-state index in [0.717, 1.165) is 4.47 Å². The molecule has 126 valence electrons. The topological polar surface area (TPSA) is 98.7 Å². The van der Waals surface area contributed by atoms with E-state index in [1.807, 2.05) is 0 Å². The van der Waals surface area contributed by atoms with Crippen molar-refractivity contribution in [2.24, 2.45) is 5.92 Å². The highest BCUT2D eigenvalue weighted by Crippen LogP contribution is 2.10. The molecule has 0 fully saturated rings. The zero-order valence-corrected chi connectivity index (χ0v) is 14.6. The normalized spacial score (nSPS) is 11.4. The molecule has 3 amide bonds. The molecule has 3 N–H and O–H groups in total. The highest BCUT2D eigenvalue weighted by molar-refractivity contribution is 9.10. The SMILES string of the molecule is CC(CN(C)C(=O)NCCNC(=O)c1ccc(Br)cc1)C(=O)O. The molecule has 0 radical (unpaired) electrons. The molecule has 1 aromatic rings. The van der Waals surface area contributed by atoms with Crippen LogP contribution in [0.25, 0.3) is 0 Å². The fourth-order valence-electron chi connectivity index (χ4n) is 1.76. The van der Waals surface area contributed by atoms with Crippen molar-refractivity contribution in [3.63, 3.8) is 0 Å². The van der Waals surface area contributed by atoms with E-state index in [0.29, 0.717) is 5.56 Å². The zero-order valence-electron chi connectivity index (χ0n) is 13.0. The van der Waals surface area contributed by atoms with Crippen LogP contribution in [-0.2, 0) is 4.79 Å². The van der Waals surface area contributed by atoms with Crippen molar-refractivity contribution >= 4 is 33.8 Å². The molecule has 0 saturated heterocycles. The summed E-state index contributed by atoms with van der Waals surface area (Å²) in [6.07, 6.45) is 0. The second-order valence-electron chi connectivity index (χ2n) is 5.11. The molecule has 1 unspecified atom stereocenters. The number of carboxylic acid groups (broad SMARTS) is 1. The van der Waals surface area contributed by atoms with Crippen LogP contribution >= 0.6 is 15.9 Å². The number of aliphatic carboxylic acids is 1. The Morgan fingerprint density at radius 2 is 1.74 bits per heavy atom. The van der Waals surface area contributed by atoms with Gasteiger partial charge in [-0.15, -0.1) is 0 Å². The summed E-state index contributed by atoms with van der Waals surface area (Å²) in [6.45, 7) is 2.19. The minimum atomic E-state index is -0.952. The zero-order chi connectivity index (χ0) is 17.4. The second-order valence-corrected chi connectivity index (χ2v) is 6.03. The number of urea groups is 1. The van der Waals surface area contributed by atoms with Gasteiger partial charge in [0.05, 0.1) is 5.92 Å². The minimum absolute atomic E-state index is 0.117. The molecule has 0 bridgehead atoms. The lowest BCUT2D eigenvalue weighted by Gasteiger charge is -2.20. The molecule has 1 atom stereocenters. The van der Waals surface area contributed by atoms with Crippen LogP contribution in [0, 0.1) is 5.92 Å². The summed E-state index contributed by atoms with van der Waals surface area (Å²) in [5.74, 6) is -1.81. The molecular formula is C15H20BrN3O4. The molecule has 0 aliphatic heterocycles. The maximum Gasteiger partial charge on any atom is 0.317 e. The van der Waals surface area contributed by atoms with Gasteiger partial charge in [0.25, 0.3) is 5.91 Å². The average molecular weight is 386 g/mol. The first-order valence-electron chi connectivity index (χ1n) is 7.06. The maximum absolute atomic E-state index is 11.8. The molecular weight excluding hydrogens is 366 g/mol. The Morgan fingerprint density at radius 1 is 1.17 bits per heavy atom. The predicted molar refractivity (Wildman–Crippen MR) is 89.3 cm³/mol. The van der Waals surface area contributed by atoms with Gasteiger partial charge in [0.15, 0.2) is 0 Å². The number of nitrogens with one attached hydrogen (secondary N) is 2. The van der Waals surface area contributed by atoms with Crippen LogP contribution in [0.5, 0.6) is 0 Å². The summed E-state index contributed by atoms with van der Waals surface area (Å²) >= 11 is 3.29. The summed E-state index contributed by atoms with van der Waals surface area (Å²) in [5.41, 5.74) is 0.534. The number of carbonyl (C=O) groups excluding carboxylic acids is 2. The number of rotatable bonds is 7. The van der Waals surface area contributed by atoms with Gasteiger partial charge in [0.2, 0.25) is 0 Å². The number of benzene rings is 1. The van der Waals surface area contributed by atoms with Crippen molar-refractivity contribution in [1.82, 2.24) is 15.5 Å². The lowest BCUT2D eigenvalue weighted by Crippen LogP contribution is -2.43. The van der Waals surface area contributed by atoms with E-state index in [2.05, 4.69) is 26.6 Å². The highest BCUT2D eigenvalue weighted by atomic mass is 79.9. The van der Waals surface area contributed by atoms with Gasteiger partial charge in [0, 0.05) is 36.7 Å². The monoisotopic (exact) mass is 385 g/mol. The van der Waals surface area contributed by atoms with Crippen LogP contribution < -0.4 is 10.6 Å². The van der Waals surface area contributed by atoms with Gasteiger partial charge >= 0.3 is 12.0 Å². The molecule has 1 aromatic carbocycles. The molecule has 0 aliphatic carbocycles. The van der Waals surface area contributed by atoms with Crippen LogP contribution in [0.1, 0.15) is 17.3 Å². The smallest absolute Gasteiger partial charge is 0.317 e. The standard InChI is InChI=1S/C15H20BrN3O4/c1-10(14(21)22)9-19(2)15(23)18-8-7-17-13(20)11-3-5-12(16)6-4-11/h3-6,10H,7-9H2,1-2H3,(H,17,20)(H,18,23)(H,21,22). The third kappa shape index (κ3) is 6.68. The van der Waals surface area contributed by atoms with Crippen LogP contribution in [0.3, 0.4) is 0 Å². The largest absolute Gasteiger partial charge is 0.481 e. The Morgan fingerprint density at radius 3 is 2.30 bits per heavy atom. The predicted octanol–water partition coefficient (Wildman–Crippen LogP) is 1.54. The first-order chi connectivity index (χ1) is 10.8. The number of carbonyl (C=O) groups is 3. The van der Waals surface area contributed by atoms with Gasteiger partial charge in [-0.25, -0.2) is 4.79 Å². The third-order valence-corrected chi connectivity index (χ3v) is 3.64. The van der Waals surface area contributed by atoms with E-state index >= 15 is 0 Å². The van der Waals surface area contributed by atoms with Crippen molar-refractivity contribution in [2.75, 3.05) is 26.7 Å². The summed E-state index contributed by atoms with van der Waals surface area (Å²) in [5, 5.41) is 14.1. The Kier molecular flexibility index (Phi) is 7.53. The molecule has 8 heteroatoms. The van der Waals surface area contributed by atoms with Crippen LogP contribution in [-0.4, -0.2) is 54.6 Å². The maximum atomic E-state index is 11.8. The Bertz CT molecular complexity index is 562. The molecule has 0 aromatic heterocycles. The van der Waals surface area contributed by atoms with Gasteiger partial charge in [0.1, 0.15) is 0 Å². The van der Waals surface area contributed by atoms with E-state index in [1.54, 1.807) is 24.3 Å². The Hall–Kier alpha value is -2.09. The summed E-state index contributed by atoms with van der Waals surface area (Å²) < 4.78 is 0.889. The Labute approximate surface area is 143 Å². The van der Waals surface area contributed by atoms with E-state index in [9.17, 15) is 14.4 Å². The lowest BCUT2D eigenvalue weighted by atomic mass is 10.2. The second kappa shape index (κ2) is 9.14. The van der Waals surface area contributed by atoms with Crippen molar-refractivity contribution in [3.05, 3.63) is 34.3 Å². The fraction of sp³-hybridized carbons (Fsp3) is 0.400. The number of hydrogen-bond acceptors (Lipinski definition) is 3. The number of carboxylic acids is 1. The number of nitrogens with zero attached hydrogens (tertiary/aromatic N) is 1. The minimum Gasteiger partial charge on any atom is -0.481 e. The molecule has 0 heterocycles. The molecule has 0 aliphatic rings. The van der Waals surface area contributed by atoms with Crippen LogP contribution in [0.15, 0.2) is 28.7 Å². The van der Waals surface area contributed by atoms with Gasteiger partial charge in [-0.2, -0.15) is 0 Å². The van der Waals surface area contributed by atoms with Gasteiger partial charge in [-0.1, -0.05) is 22.9 Å². The van der Waals surface area contributed by atoms with Gasteiger partial charge in [-0.05, 0) is 24.3 Å². The number of halogens is 1. The molecule has 1 rings (SSSR count). The lowest BCUT2D eigenvalue weighted by molar-refractivity contribution is -0.141. The molecule has 7 nitrogen and oxygen atoms in total. The van der Waals surface area contributed by atoms with Crippen LogP contribution in [0.4, 0.5) is 4.79 Å². The molecule has 23 heavy (non-hydrogen) atoms. The van der Waals surface area contributed by atoms with Gasteiger partial charge < -0.3 is 20.6 Å². The van der Waals surface area contributed by atoms with Crippen molar-refractivity contribution in [2.45, 2.75) is 6.92 Å². The first-order valence-corrected chi connectivity index (χ1v) is 7.86. The first kappa shape index (κ1) is 19.0. The van der Waals surface area contributed by atoms with E-state index in [1.165, 1.54) is 18.9 Å².